The largest absolute Gasteiger partial charge is 0.396 e. The van der Waals surface area contributed by atoms with E-state index < -0.39 is 0 Å². The van der Waals surface area contributed by atoms with Crippen molar-refractivity contribution in [1.82, 2.24) is 0 Å². The summed E-state index contributed by atoms with van der Waals surface area (Å²) < 4.78 is 5.60. The molecule has 0 aliphatic rings. The van der Waals surface area contributed by atoms with E-state index in [0.29, 0.717) is 24.0 Å². The van der Waals surface area contributed by atoms with Crippen LogP contribution in [0.4, 0.5) is 0 Å². The highest BCUT2D eigenvalue weighted by molar-refractivity contribution is 4.87. The van der Waals surface area contributed by atoms with Gasteiger partial charge in [-0.2, -0.15) is 0 Å². The van der Waals surface area contributed by atoms with Gasteiger partial charge in [0.25, 0.3) is 0 Å². The minimum Gasteiger partial charge on any atom is -0.396 e. The van der Waals surface area contributed by atoms with Crippen LogP contribution in [0.5, 0.6) is 0 Å². The maximum atomic E-state index is 8.63. The van der Waals surface area contributed by atoms with Gasteiger partial charge >= 0.3 is 0 Å². The van der Waals surface area contributed by atoms with Gasteiger partial charge in [0.05, 0.1) is 6.10 Å². The normalized spacial score (nSPS) is 13.3. The van der Waals surface area contributed by atoms with Crippen LogP contribution in [-0.2, 0) is 4.74 Å². The Morgan fingerprint density at radius 3 is 1.80 bits per heavy atom. The fourth-order valence-electron chi connectivity index (χ4n) is 2.96. The average Bonchev–Trinajstić information content (AvgIpc) is 2.63. The van der Waals surface area contributed by atoms with Gasteiger partial charge in [0.2, 0.25) is 0 Å². The smallest absolute Gasteiger partial charge is 0.0518 e. The predicted molar refractivity (Wildman–Crippen MR) is 138 cm³/mol. The summed E-state index contributed by atoms with van der Waals surface area (Å²) in [4.78, 5) is 0. The van der Waals surface area contributed by atoms with Crippen LogP contribution in [0, 0.1) is 23.2 Å². The molecule has 2 atom stereocenters. The molecule has 1 N–H and O–H groups in total. The van der Waals surface area contributed by atoms with Gasteiger partial charge in [0.1, 0.15) is 0 Å². The fourth-order valence-corrected chi connectivity index (χ4v) is 2.96. The summed E-state index contributed by atoms with van der Waals surface area (Å²) in [6.45, 7) is 29.4. The van der Waals surface area contributed by atoms with Crippen LogP contribution >= 0.6 is 0 Å². The molecule has 0 rings (SSSR count). The minimum atomic E-state index is 0.328. The zero-order valence-corrected chi connectivity index (χ0v) is 22.9. The van der Waals surface area contributed by atoms with Gasteiger partial charge in [-0.3, -0.25) is 0 Å². The Morgan fingerprint density at radius 2 is 1.37 bits per heavy atom. The molecule has 0 saturated carbocycles. The third kappa shape index (κ3) is 25.7. The van der Waals surface area contributed by atoms with Crippen LogP contribution in [0.1, 0.15) is 128 Å². The molecule has 2 unspecified atom stereocenters. The third-order valence-electron chi connectivity index (χ3n) is 6.07. The van der Waals surface area contributed by atoms with Crippen molar-refractivity contribution in [1.29, 1.82) is 0 Å². The first-order valence-corrected chi connectivity index (χ1v) is 12.8. The SMILES string of the molecule is C=C(C)CCCC(C)CCO.CC.CC(CCCC(C)(C)C(C)C)CCOC(C)C. The van der Waals surface area contributed by atoms with Gasteiger partial charge in [-0.1, -0.05) is 80.2 Å². The molecule has 0 spiro atoms. The quantitative estimate of drug-likeness (QED) is 0.263. The molecule has 0 aromatic rings. The predicted octanol–water partition coefficient (Wildman–Crippen LogP) is 9.07. The van der Waals surface area contributed by atoms with Crippen molar-refractivity contribution in [3.63, 3.8) is 0 Å². The highest BCUT2D eigenvalue weighted by Gasteiger charge is 2.21. The Labute approximate surface area is 192 Å². The van der Waals surface area contributed by atoms with Gasteiger partial charge in [-0.15, -0.1) is 6.58 Å². The molecular weight excluding hydrogens is 368 g/mol. The molecule has 0 bridgehead atoms. The summed E-state index contributed by atoms with van der Waals surface area (Å²) in [5.74, 6) is 2.25. The van der Waals surface area contributed by atoms with E-state index in [4.69, 9.17) is 9.84 Å². The summed E-state index contributed by atoms with van der Waals surface area (Å²) in [6.07, 6.45) is 10.1. The first-order valence-electron chi connectivity index (χ1n) is 12.8. The zero-order valence-electron chi connectivity index (χ0n) is 22.9. The number of hydrogen-bond donors (Lipinski definition) is 1. The highest BCUT2D eigenvalue weighted by atomic mass is 16.5. The van der Waals surface area contributed by atoms with Gasteiger partial charge in [-0.25, -0.2) is 0 Å². The lowest BCUT2D eigenvalue weighted by atomic mass is 9.76. The van der Waals surface area contributed by atoms with Crippen molar-refractivity contribution >= 4 is 0 Å². The summed E-state index contributed by atoms with van der Waals surface area (Å²) in [5.41, 5.74) is 1.76. The molecule has 0 aromatic carbocycles. The number of rotatable bonds is 15. The topological polar surface area (TPSA) is 29.5 Å². The van der Waals surface area contributed by atoms with E-state index in [0.717, 1.165) is 31.3 Å². The Bertz CT molecular complexity index is 358. The highest BCUT2D eigenvalue weighted by Crippen LogP contribution is 2.32. The molecule has 0 radical (unpaired) electrons. The van der Waals surface area contributed by atoms with Crippen molar-refractivity contribution in [2.45, 2.75) is 134 Å². The van der Waals surface area contributed by atoms with E-state index in [9.17, 15) is 0 Å². The number of ether oxygens (including phenoxy) is 1. The van der Waals surface area contributed by atoms with Crippen molar-refractivity contribution in [3.05, 3.63) is 12.2 Å². The number of aliphatic hydroxyl groups is 1. The van der Waals surface area contributed by atoms with E-state index in [2.05, 4.69) is 68.9 Å². The summed E-state index contributed by atoms with van der Waals surface area (Å²) >= 11 is 0. The van der Waals surface area contributed by atoms with E-state index in [1.165, 1.54) is 44.1 Å². The van der Waals surface area contributed by atoms with Gasteiger partial charge in [0.15, 0.2) is 0 Å². The summed E-state index contributed by atoms with van der Waals surface area (Å²) in [6, 6.07) is 0. The molecule has 0 aliphatic heterocycles. The molecule has 30 heavy (non-hydrogen) atoms. The maximum absolute atomic E-state index is 8.63. The molecule has 2 heteroatoms. The molecular formula is C28H60O2. The Morgan fingerprint density at radius 1 is 0.867 bits per heavy atom. The van der Waals surface area contributed by atoms with E-state index >= 15 is 0 Å². The van der Waals surface area contributed by atoms with Crippen LogP contribution < -0.4 is 0 Å². The Hall–Kier alpha value is -0.340. The summed E-state index contributed by atoms with van der Waals surface area (Å²) in [7, 11) is 0. The molecule has 0 saturated heterocycles. The second kappa shape index (κ2) is 21.9. The van der Waals surface area contributed by atoms with E-state index in [-0.39, 0.29) is 0 Å². The number of allylic oxidation sites excluding steroid dienone is 1. The van der Waals surface area contributed by atoms with Crippen molar-refractivity contribution in [3.8, 4) is 0 Å². The number of hydrogen-bond acceptors (Lipinski definition) is 2. The maximum Gasteiger partial charge on any atom is 0.0518 e. The third-order valence-corrected chi connectivity index (χ3v) is 6.07. The molecule has 184 valence electrons. The lowest BCUT2D eigenvalue weighted by Crippen LogP contribution is -2.19. The molecule has 0 aromatic heterocycles. The van der Waals surface area contributed by atoms with Crippen molar-refractivity contribution in [2.24, 2.45) is 23.2 Å². The van der Waals surface area contributed by atoms with Crippen LogP contribution in [-0.4, -0.2) is 24.4 Å². The lowest BCUT2D eigenvalue weighted by molar-refractivity contribution is 0.0684. The molecule has 0 heterocycles. The Kier molecular flexibility index (Phi) is 25.0. The van der Waals surface area contributed by atoms with Crippen LogP contribution in [0.15, 0.2) is 12.2 Å². The molecule has 0 fully saturated rings. The van der Waals surface area contributed by atoms with Crippen LogP contribution in [0.3, 0.4) is 0 Å². The Balaban J connectivity index is -0.000000484. The lowest BCUT2D eigenvalue weighted by Gasteiger charge is -2.29. The molecule has 0 amide bonds. The van der Waals surface area contributed by atoms with E-state index in [1.807, 2.05) is 13.8 Å². The van der Waals surface area contributed by atoms with E-state index in [1.54, 1.807) is 0 Å². The average molecular weight is 429 g/mol. The fraction of sp³-hybridized carbons (Fsp3) is 0.929. The van der Waals surface area contributed by atoms with Crippen molar-refractivity contribution < 1.29 is 9.84 Å². The van der Waals surface area contributed by atoms with Gasteiger partial charge in [0, 0.05) is 13.2 Å². The zero-order chi connectivity index (χ0) is 24.2. The monoisotopic (exact) mass is 428 g/mol. The molecule has 0 aliphatic carbocycles. The minimum absolute atomic E-state index is 0.328. The van der Waals surface area contributed by atoms with Gasteiger partial charge in [-0.05, 0) is 76.0 Å². The second-order valence-electron chi connectivity index (χ2n) is 10.3. The van der Waals surface area contributed by atoms with Gasteiger partial charge < -0.3 is 9.84 Å². The standard InChI is InChI=1S/C16H34O.C10H20O.C2H6/c1-13(2)16(6,7)11-8-9-15(5)10-12-17-14(3)4;1-9(2)5-4-6-10(3)7-8-11;1-2/h13-15H,8-12H2,1-7H3;10-11H,1,4-8H2,2-3H3;1-2H3. The molecule has 2 nitrogen and oxygen atoms in total. The number of aliphatic hydroxyl groups excluding tert-OH is 1. The van der Waals surface area contributed by atoms with Crippen molar-refractivity contribution in [2.75, 3.05) is 13.2 Å². The first-order chi connectivity index (χ1) is 13.9. The second-order valence-corrected chi connectivity index (χ2v) is 10.3. The summed E-state index contributed by atoms with van der Waals surface area (Å²) in [5, 5.41) is 8.63. The van der Waals surface area contributed by atoms with Crippen LogP contribution in [0.25, 0.3) is 0 Å². The van der Waals surface area contributed by atoms with Crippen LogP contribution in [0.2, 0.25) is 0 Å². The first kappa shape index (κ1) is 34.3.